The summed E-state index contributed by atoms with van der Waals surface area (Å²) in [6.07, 6.45) is 1.63. The molecular weight excluding hydrogens is 284 g/mol. The number of aromatic nitrogens is 1. The third-order valence-electron chi connectivity index (χ3n) is 2.33. The van der Waals surface area contributed by atoms with Gasteiger partial charge in [0, 0.05) is 30.4 Å². The molecule has 1 aromatic heterocycles. The predicted octanol–water partition coefficient (Wildman–Crippen LogP) is 2.34. The van der Waals surface area contributed by atoms with Crippen molar-refractivity contribution in [3.05, 3.63) is 28.5 Å². The molecule has 0 aliphatic heterocycles. The molecule has 1 rings (SSSR count). The summed E-state index contributed by atoms with van der Waals surface area (Å²) in [5, 5.41) is 0. The quantitative estimate of drug-likeness (QED) is 0.757. The van der Waals surface area contributed by atoms with E-state index >= 15 is 0 Å². The number of carbonyl (C=O) groups excluding carboxylic acids is 1. The minimum Gasteiger partial charge on any atom is -0.380 e. The molecule has 0 saturated carbocycles. The summed E-state index contributed by atoms with van der Waals surface area (Å²) in [4.78, 5) is 17.9. The van der Waals surface area contributed by atoms with Gasteiger partial charge in [0.2, 0.25) is 0 Å². The van der Waals surface area contributed by atoms with Crippen molar-refractivity contribution >= 4 is 21.8 Å². The molecule has 0 aliphatic rings. The zero-order valence-electron chi connectivity index (χ0n) is 10.1. The Morgan fingerprint density at radius 1 is 1.47 bits per heavy atom. The van der Waals surface area contributed by atoms with Gasteiger partial charge in [-0.2, -0.15) is 0 Å². The zero-order valence-corrected chi connectivity index (χ0v) is 11.7. The molecule has 0 bridgehead atoms. The fraction of sp³-hybridized carbons (Fsp3) is 0.500. The molecule has 0 unspecified atom stereocenters. The van der Waals surface area contributed by atoms with Gasteiger partial charge in [0.1, 0.15) is 5.69 Å². The van der Waals surface area contributed by atoms with E-state index in [0.717, 1.165) is 4.47 Å². The molecule has 5 heteroatoms. The van der Waals surface area contributed by atoms with Crippen molar-refractivity contribution in [3.63, 3.8) is 0 Å². The van der Waals surface area contributed by atoms with Crippen molar-refractivity contribution < 1.29 is 9.53 Å². The van der Waals surface area contributed by atoms with Crippen LogP contribution in [0.2, 0.25) is 0 Å². The lowest BCUT2D eigenvalue weighted by atomic mass is 10.3. The Hall–Kier alpha value is -0.940. The highest BCUT2D eigenvalue weighted by Gasteiger charge is 2.14. The lowest BCUT2D eigenvalue weighted by molar-refractivity contribution is 0.0664. The van der Waals surface area contributed by atoms with E-state index in [1.54, 1.807) is 17.2 Å². The first-order chi connectivity index (χ1) is 8.19. The van der Waals surface area contributed by atoms with Gasteiger partial charge in [-0.1, -0.05) is 0 Å². The van der Waals surface area contributed by atoms with Crippen LogP contribution in [0.1, 0.15) is 24.3 Å². The molecule has 1 aromatic rings. The van der Waals surface area contributed by atoms with Crippen LogP contribution in [0.25, 0.3) is 0 Å². The fourth-order valence-corrected chi connectivity index (χ4v) is 1.62. The summed E-state index contributed by atoms with van der Waals surface area (Å²) in [5.41, 5.74) is 0.464. The molecule has 0 radical (unpaired) electrons. The van der Waals surface area contributed by atoms with Gasteiger partial charge < -0.3 is 9.64 Å². The molecule has 4 nitrogen and oxygen atoms in total. The van der Waals surface area contributed by atoms with Crippen LogP contribution in [0, 0.1) is 0 Å². The summed E-state index contributed by atoms with van der Waals surface area (Å²) in [5.74, 6) is -0.0558. The highest BCUT2D eigenvalue weighted by atomic mass is 79.9. The Morgan fingerprint density at radius 3 is 2.76 bits per heavy atom. The molecule has 0 atom stereocenters. The number of hydrogen-bond acceptors (Lipinski definition) is 3. The average molecular weight is 301 g/mol. The Morgan fingerprint density at radius 2 is 2.24 bits per heavy atom. The number of rotatable bonds is 6. The van der Waals surface area contributed by atoms with Gasteiger partial charge in [0.15, 0.2) is 0 Å². The number of nitrogens with zero attached hydrogens (tertiary/aromatic N) is 2. The first-order valence-electron chi connectivity index (χ1n) is 5.67. The van der Waals surface area contributed by atoms with Crippen LogP contribution in [-0.2, 0) is 4.74 Å². The van der Waals surface area contributed by atoms with Gasteiger partial charge in [0.25, 0.3) is 5.91 Å². The normalized spacial score (nSPS) is 10.3. The maximum atomic E-state index is 12.1. The fourth-order valence-electron chi connectivity index (χ4n) is 1.39. The standard InChI is InChI=1S/C12H17BrN2O2/c1-3-15(7-8-17-4-2)12(16)11-6-5-10(13)9-14-11/h5-6,9H,3-4,7-8H2,1-2H3. The second-order valence-electron chi connectivity index (χ2n) is 3.44. The van der Waals surface area contributed by atoms with Crippen LogP contribution in [0.4, 0.5) is 0 Å². The maximum Gasteiger partial charge on any atom is 0.272 e. The zero-order chi connectivity index (χ0) is 12.7. The second kappa shape index (κ2) is 7.40. The third kappa shape index (κ3) is 4.44. The Balaban J connectivity index is 2.62. The first kappa shape index (κ1) is 14.1. The topological polar surface area (TPSA) is 42.4 Å². The van der Waals surface area contributed by atoms with E-state index < -0.39 is 0 Å². The smallest absolute Gasteiger partial charge is 0.272 e. The minimum atomic E-state index is -0.0558. The van der Waals surface area contributed by atoms with Crippen molar-refractivity contribution in [3.8, 4) is 0 Å². The SMILES string of the molecule is CCOCCN(CC)C(=O)c1ccc(Br)cn1. The maximum absolute atomic E-state index is 12.1. The number of amides is 1. The number of carbonyl (C=O) groups is 1. The van der Waals surface area contributed by atoms with Gasteiger partial charge in [-0.25, -0.2) is 4.98 Å². The van der Waals surface area contributed by atoms with Gasteiger partial charge >= 0.3 is 0 Å². The summed E-state index contributed by atoms with van der Waals surface area (Å²) < 4.78 is 6.12. The van der Waals surface area contributed by atoms with Crippen LogP contribution < -0.4 is 0 Å². The van der Waals surface area contributed by atoms with Crippen molar-refractivity contribution in [1.82, 2.24) is 9.88 Å². The van der Waals surface area contributed by atoms with Gasteiger partial charge in [-0.3, -0.25) is 4.79 Å². The Labute approximate surface area is 110 Å². The van der Waals surface area contributed by atoms with Gasteiger partial charge in [-0.05, 0) is 41.9 Å². The van der Waals surface area contributed by atoms with E-state index in [9.17, 15) is 4.79 Å². The number of ether oxygens (including phenoxy) is 1. The van der Waals surface area contributed by atoms with Crippen LogP contribution in [0.15, 0.2) is 22.8 Å². The van der Waals surface area contributed by atoms with Crippen LogP contribution >= 0.6 is 15.9 Å². The van der Waals surface area contributed by atoms with Crippen LogP contribution in [0.3, 0.4) is 0 Å². The Bertz CT molecular complexity index is 354. The number of likely N-dealkylation sites (N-methyl/N-ethyl adjacent to an activating group) is 1. The summed E-state index contributed by atoms with van der Waals surface area (Å²) >= 11 is 3.29. The highest BCUT2D eigenvalue weighted by molar-refractivity contribution is 9.10. The van der Waals surface area contributed by atoms with Crippen molar-refractivity contribution in [2.75, 3.05) is 26.3 Å². The molecular formula is C12H17BrN2O2. The van der Waals surface area contributed by atoms with E-state index in [-0.39, 0.29) is 5.91 Å². The summed E-state index contributed by atoms with van der Waals surface area (Å²) in [6.45, 7) is 6.37. The lowest BCUT2D eigenvalue weighted by Gasteiger charge is -2.20. The summed E-state index contributed by atoms with van der Waals surface area (Å²) in [6, 6.07) is 3.53. The molecule has 94 valence electrons. The molecule has 0 saturated heterocycles. The molecule has 0 aromatic carbocycles. The number of hydrogen-bond donors (Lipinski definition) is 0. The largest absolute Gasteiger partial charge is 0.380 e. The van der Waals surface area contributed by atoms with Crippen molar-refractivity contribution in [2.24, 2.45) is 0 Å². The van der Waals surface area contributed by atoms with E-state index in [1.807, 2.05) is 19.9 Å². The van der Waals surface area contributed by atoms with Crippen molar-refractivity contribution in [1.29, 1.82) is 0 Å². The second-order valence-corrected chi connectivity index (χ2v) is 4.36. The van der Waals surface area contributed by atoms with E-state index in [0.29, 0.717) is 32.0 Å². The predicted molar refractivity (Wildman–Crippen MR) is 70.0 cm³/mol. The van der Waals surface area contributed by atoms with Gasteiger partial charge in [0.05, 0.1) is 6.61 Å². The minimum absolute atomic E-state index is 0.0558. The number of halogens is 1. The van der Waals surface area contributed by atoms with Crippen molar-refractivity contribution in [2.45, 2.75) is 13.8 Å². The molecule has 0 aliphatic carbocycles. The Kier molecular flexibility index (Phi) is 6.15. The third-order valence-corrected chi connectivity index (χ3v) is 2.79. The molecule has 1 amide bonds. The highest BCUT2D eigenvalue weighted by Crippen LogP contribution is 2.09. The summed E-state index contributed by atoms with van der Waals surface area (Å²) in [7, 11) is 0. The van der Waals surface area contributed by atoms with E-state index in [4.69, 9.17) is 4.74 Å². The molecule has 0 N–H and O–H groups in total. The lowest BCUT2D eigenvalue weighted by Crippen LogP contribution is -2.34. The van der Waals surface area contributed by atoms with E-state index in [1.165, 1.54) is 0 Å². The van der Waals surface area contributed by atoms with Crippen LogP contribution in [-0.4, -0.2) is 42.1 Å². The molecule has 0 spiro atoms. The van der Waals surface area contributed by atoms with E-state index in [2.05, 4.69) is 20.9 Å². The molecule has 17 heavy (non-hydrogen) atoms. The first-order valence-corrected chi connectivity index (χ1v) is 6.46. The number of pyridine rings is 1. The van der Waals surface area contributed by atoms with Crippen LogP contribution in [0.5, 0.6) is 0 Å². The monoisotopic (exact) mass is 300 g/mol. The average Bonchev–Trinajstić information content (AvgIpc) is 2.35. The van der Waals surface area contributed by atoms with Gasteiger partial charge in [-0.15, -0.1) is 0 Å². The molecule has 0 fully saturated rings. The molecule has 1 heterocycles.